The topological polar surface area (TPSA) is 84.0 Å². The summed E-state index contributed by atoms with van der Waals surface area (Å²) in [5, 5.41) is 3.22. The van der Waals surface area contributed by atoms with E-state index >= 15 is 0 Å². The van der Waals surface area contributed by atoms with Crippen molar-refractivity contribution in [3.8, 4) is 0 Å². The third kappa shape index (κ3) is 5.78. The van der Waals surface area contributed by atoms with Crippen molar-refractivity contribution in [2.24, 2.45) is 5.92 Å². The van der Waals surface area contributed by atoms with Crippen molar-refractivity contribution in [3.63, 3.8) is 0 Å². The number of nitrogens with zero attached hydrogens (tertiary/aromatic N) is 2. The molecule has 0 saturated heterocycles. The number of fused-ring (bicyclic) bond motifs is 1. The van der Waals surface area contributed by atoms with Gasteiger partial charge in [-0.1, -0.05) is 37.6 Å². The van der Waals surface area contributed by atoms with Gasteiger partial charge in [-0.3, -0.25) is 0 Å². The zero-order valence-electron chi connectivity index (χ0n) is 19.5. The first kappa shape index (κ1) is 23.4. The molecule has 0 aliphatic heterocycles. The van der Waals surface area contributed by atoms with Gasteiger partial charge >= 0.3 is 0 Å². The van der Waals surface area contributed by atoms with Gasteiger partial charge in [0.1, 0.15) is 0 Å². The Kier molecular flexibility index (Phi) is 7.10. The fourth-order valence-corrected chi connectivity index (χ4v) is 5.34. The van der Waals surface area contributed by atoms with Gasteiger partial charge in [0.05, 0.1) is 10.6 Å². The summed E-state index contributed by atoms with van der Waals surface area (Å²) in [5.74, 6) is 1.22. The Labute approximate surface area is 196 Å². The van der Waals surface area contributed by atoms with Crippen LogP contribution in [0.4, 0.5) is 11.6 Å². The van der Waals surface area contributed by atoms with Gasteiger partial charge in [-0.2, -0.15) is 0 Å². The van der Waals surface area contributed by atoms with E-state index in [0.29, 0.717) is 18.4 Å². The molecule has 0 saturated carbocycles. The van der Waals surface area contributed by atoms with E-state index < -0.39 is 10.0 Å². The molecule has 3 aromatic rings. The van der Waals surface area contributed by atoms with E-state index in [4.69, 9.17) is 4.98 Å². The summed E-state index contributed by atoms with van der Waals surface area (Å²) in [5.41, 5.74) is 5.81. The Balaban J connectivity index is 1.47. The molecule has 1 aromatic heterocycles. The maximum Gasteiger partial charge on any atom is 0.240 e. The number of hydrogen-bond acceptors (Lipinski definition) is 5. The molecule has 7 heteroatoms. The molecule has 2 aromatic carbocycles. The fraction of sp³-hybridized carbons (Fsp3) is 0.385. The third-order valence-corrected chi connectivity index (χ3v) is 7.56. The molecule has 0 spiro atoms. The van der Waals surface area contributed by atoms with Crippen molar-refractivity contribution in [3.05, 3.63) is 77.1 Å². The van der Waals surface area contributed by atoms with Crippen molar-refractivity contribution in [2.75, 3.05) is 11.9 Å². The molecule has 0 bridgehead atoms. The molecule has 1 aliphatic rings. The number of aryl methyl sites for hydroxylation is 2. The van der Waals surface area contributed by atoms with Crippen LogP contribution in [0.15, 0.2) is 59.6 Å². The van der Waals surface area contributed by atoms with Gasteiger partial charge in [-0.25, -0.2) is 23.1 Å². The zero-order valence-corrected chi connectivity index (χ0v) is 20.3. The Morgan fingerprint density at radius 1 is 1.09 bits per heavy atom. The second-order valence-corrected chi connectivity index (χ2v) is 10.9. The number of benzene rings is 2. The van der Waals surface area contributed by atoms with Crippen LogP contribution < -0.4 is 10.0 Å². The van der Waals surface area contributed by atoms with Crippen LogP contribution in [0.1, 0.15) is 61.4 Å². The van der Waals surface area contributed by atoms with Crippen molar-refractivity contribution in [1.82, 2.24) is 14.7 Å². The van der Waals surface area contributed by atoms with Gasteiger partial charge < -0.3 is 5.32 Å². The Hall–Kier alpha value is -2.77. The van der Waals surface area contributed by atoms with E-state index in [0.717, 1.165) is 37.1 Å². The van der Waals surface area contributed by atoms with Crippen molar-refractivity contribution in [2.45, 2.75) is 57.3 Å². The molecule has 4 rings (SSSR count). The van der Waals surface area contributed by atoms with Crippen molar-refractivity contribution in [1.29, 1.82) is 0 Å². The van der Waals surface area contributed by atoms with Crippen LogP contribution in [-0.4, -0.2) is 24.9 Å². The van der Waals surface area contributed by atoms with Crippen molar-refractivity contribution < 1.29 is 8.42 Å². The van der Waals surface area contributed by atoms with E-state index in [9.17, 15) is 8.42 Å². The van der Waals surface area contributed by atoms with Gasteiger partial charge in [0, 0.05) is 24.3 Å². The van der Waals surface area contributed by atoms with Gasteiger partial charge in [-0.05, 0) is 80.0 Å². The number of hydrogen-bond donors (Lipinski definition) is 2. The molecule has 1 unspecified atom stereocenters. The molecule has 1 aliphatic carbocycles. The van der Waals surface area contributed by atoms with Crippen LogP contribution in [0, 0.1) is 12.8 Å². The highest BCUT2D eigenvalue weighted by Gasteiger charge is 2.23. The van der Waals surface area contributed by atoms with E-state index in [2.05, 4.69) is 54.0 Å². The highest BCUT2D eigenvalue weighted by molar-refractivity contribution is 7.89. The predicted molar refractivity (Wildman–Crippen MR) is 132 cm³/mol. The van der Waals surface area contributed by atoms with Gasteiger partial charge in [0.25, 0.3) is 0 Å². The first-order valence-electron chi connectivity index (χ1n) is 11.6. The molecular formula is C26H32N4O2S. The number of rotatable bonds is 8. The molecule has 1 atom stereocenters. The molecule has 2 N–H and O–H groups in total. The van der Waals surface area contributed by atoms with Gasteiger partial charge in [0.2, 0.25) is 16.0 Å². The molecule has 33 heavy (non-hydrogen) atoms. The quantitative estimate of drug-likeness (QED) is 0.471. The van der Waals surface area contributed by atoms with Crippen LogP contribution in [-0.2, 0) is 16.4 Å². The first-order chi connectivity index (χ1) is 15.8. The van der Waals surface area contributed by atoms with Gasteiger partial charge in [-0.15, -0.1) is 0 Å². The largest absolute Gasteiger partial charge is 0.324 e. The Morgan fingerprint density at radius 3 is 2.64 bits per heavy atom. The lowest BCUT2D eigenvalue weighted by Crippen LogP contribution is -2.25. The number of aromatic nitrogens is 2. The monoisotopic (exact) mass is 464 g/mol. The number of nitrogens with one attached hydrogen (secondary N) is 2. The lowest BCUT2D eigenvalue weighted by Gasteiger charge is -2.25. The van der Waals surface area contributed by atoms with Crippen LogP contribution in [0.3, 0.4) is 0 Å². The van der Waals surface area contributed by atoms with E-state index in [1.54, 1.807) is 30.5 Å². The molecule has 0 amide bonds. The molecule has 0 fully saturated rings. The third-order valence-electron chi connectivity index (χ3n) is 6.08. The maximum atomic E-state index is 12.5. The summed E-state index contributed by atoms with van der Waals surface area (Å²) in [6.45, 7) is 6.71. The summed E-state index contributed by atoms with van der Waals surface area (Å²) >= 11 is 0. The minimum Gasteiger partial charge on any atom is -0.324 e. The molecule has 1 heterocycles. The Morgan fingerprint density at radius 2 is 1.88 bits per heavy atom. The number of anilines is 2. The van der Waals surface area contributed by atoms with E-state index in [-0.39, 0.29) is 10.8 Å². The average Bonchev–Trinajstić information content (AvgIpc) is 2.78. The normalized spacial score (nSPS) is 15.9. The first-order valence-corrected chi connectivity index (χ1v) is 13.1. The van der Waals surface area contributed by atoms with Crippen LogP contribution in [0.5, 0.6) is 0 Å². The highest BCUT2D eigenvalue weighted by Crippen LogP contribution is 2.36. The standard InChI is InChI=1S/C26H32N4O2S/c1-18(2)13-16-28-33(31,32)22-10-8-21(9-11-22)29-26-27-15-14-25(30-26)24-6-4-5-20-17-19(3)7-12-23(20)24/h7-12,14-15,17-18,24,28H,4-6,13,16H2,1-3H3,(H,27,29,30). The van der Waals surface area contributed by atoms with Crippen LogP contribution in [0.25, 0.3) is 0 Å². The predicted octanol–water partition coefficient (Wildman–Crippen LogP) is 5.32. The highest BCUT2D eigenvalue weighted by atomic mass is 32.2. The van der Waals surface area contributed by atoms with Crippen LogP contribution in [0.2, 0.25) is 0 Å². The average molecular weight is 465 g/mol. The summed E-state index contributed by atoms with van der Waals surface area (Å²) in [4.78, 5) is 9.41. The second-order valence-electron chi connectivity index (χ2n) is 9.18. The molecular weight excluding hydrogens is 432 g/mol. The second kappa shape index (κ2) is 10.0. The summed E-state index contributed by atoms with van der Waals surface area (Å²) < 4.78 is 27.6. The van der Waals surface area contributed by atoms with Crippen LogP contribution >= 0.6 is 0 Å². The lowest BCUT2D eigenvalue weighted by atomic mass is 9.80. The minimum atomic E-state index is -3.51. The summed E-state index contributed by atoms with van der Waals surface area (Å²) in [7, 11) is -3.51. The Bertz CT molecular complexity index is 1210. The molecule has 174 valence electrons. The van der Waals surface area contributed by atoms with Crippen molar-refractivity contribution >= 4 is 21.7 Å². The minimum absolute atomic E-state index is 0.251. The van der Waals surface area contributed by atoms with E-state index in [1.165, 1.54) is 16.7 Å². The smallest absolute Gasteiger partial charge is 0.240 e. The van der Waals surface area contributed by atoms with E-state index in [1.807, 2.05) is 6.07 Å². The van der Waals surface area contributed by atoms with Gasteiger partial charge in [0.15, 0.2) is 0 Å². The SMILES string of the molecule is Cc1ccc2c(c1)CCCC2c1ccnc(Nc2ccc(S(=O)(=O)NCCC(C)C)cc2)n1. The summed E-state index contributed by atoms with van der Waals surface area (Å²) in [6, 6.07) is 15.4. The fourth-order valence-electron chi connectivity index (χ4n) is 4.29. The molecule has 6 nitrogen and oxygen atoms in total. The number of sulfonamides is 1. The zero-order chi connectivity index (χ0) is 23.4. The summed E-state index contributed by atoms with van der Waals surface area (Å²) in [6.07, 6.45) is 5.92. The maximum absolute atomic E-state index is 12.5. The lowest BCUT2D eigenvalue weighted by molar-refractivity contribution is 0.551. The molecule has 0 radical (unpaired) electrons.